The molecule has 0 heterocycles. The third-order valence-corrected chi connectivity index (χ3v) is 3.27. The van der Waals surface area contributed by atoms with Gasteiger partial charge in [0.1, 0.15) is 0 Å². The molecule has 1 amide bonds. The van der Waals surface area contributed by atoms with E-state index in [-0.39, 0.29) is 5.91 Å². The normalized spacial score (nSPS) is 10.0. The summed E-state index contributed by atoms with van der Waals surface area (Å²) in [6.45, 7) is 2.56. The Labute approximate surface area is 102 Å². The number of carbonyl (C=O) groups is 1. The van der Waals surface area contributed by atoms with Crippen molar-refractivity contribution < 1.29 is 4.79 Å². The van der Waals surface area contributed by atoms with Crippen LogP contribution < -0.4 is 11.1 Å². The number of nitrogens with one attached hydrogen (secondary N) is 1. The van der Waals surface area contributed by atoms with Crippen molar-refractivity contribution in [1.82, 2.24) is 5.32 Å². The van der Waals surface area contributed by atoms with Gasteiger partial charge in [0.25, 0.3) is 0 Å². The molecule has 0 aliphatic carbocycles. The highest BCUT2D eigenvalue weighted by atomic mass is 79.9. The lowest BCUT2D eigenvalue weighted by Gasteiger charge is -2.05. The number of halogens is 1. The van der Waals surface area contributed by atoms with Gasteiger partial charge in [0, 0.05) is 21.6 Å². The number of anilines is 1. The van der Waals surface area contributed by atoms with Gasteiger partial charge in [-0.2, -0.15) is 0 Å². The molecule has 1 aromatic carbocycles. The van der Waals surface area contributed by atoms with E-state index in [1.165, 1.54) is 11.8 Å². The van der Waals surface area contributed by atoms with E-state index in [0.717, 1.165) is 9.37 Å². The van der Waals surface area contributed by atoms with Gasteiger partial charge in [-0.05, 0) is 25.1 Å². The van der Waals surface area contributed by atoms with Crippen LogP contribution in [0.4, 0.5) is 5.69 Å². The molecule has 3 N–H and O–H groups in total. The Balaban J connectivity index is 2.57. The minimum atomic E-state index is 0.0295. The predicted octanol–water partition coefficient (Wildman–Crippen LogP) is 2.26. The highest BCUT2D eigenvalue weighted by molar-refractivity contribution is 9.10. The molecule has 0 aliphatic rings. The van der Waals surface area contributed by atoms with Crippen LogP contribution in [0, 0.1) is 0 Å². The number of amides is 1. The maximum absolute atomic E-state index is 11.2. The maximum Gasteiger partial charge on any atom is 0.230 e. The van der Waals surface area contributed by atoms with Crippen molar-refractivity contribution in [3.05, 3.63) is 22.7 Å². The number of hydrogen-bond donors (Lipinski definition) is 2. The molecule has 0 spiro atoms. The molecule has 5 heteroatoms. The Kier molecular flexibility index (Phi) is 4.98. The van der Waals surface area contributed by atoms with Crippen molar-refractivity contribution in [2.75, 3.05) is 18.0 Å². The van der Waals surface area contributed by atoms with Crippen LogP contribution in [0.15, 0.2) is 27.6 Å². The quantitative estimate of drug-likeness (QED) is 0.660. The number of carbonyl (C=O) groups excluding carboxylic acids is 1. The monoisotopic (exact) mass is 288 g/mol. The van der Waals surface area contributed by atoms with Gasteiger partial charge in [0.15, 0.2) is 0 Å². The molecule has 0 radical (unpaired) electrons. The summed E-state index contributed by atoms with van der Waals surface area (Å²) < 4.78 is 0.968. The van der Waals surface area contributed by atoms with Crippen molar-refractivity contribution in [3.8, 4) is 0 Å². The molecule has 15 heavy (non-hydrogen) atoms. The van der Waals surface area contributed by atoms with Gasteiger partial charge in [-0.15, -0.1) is 11.8 Å². The molecule has 0 saturated carbocycles. The van der Waals surface area contributed by atoms with E-state index >= 15 is 0 Å². The maximum atomic E-state index is 11.2. The molecule has 1 aromatic rings. The van der Waals surface area contributed by atoms with E-state index in [4.69, 9.17) is 5.73 Å². The molecular weight excluding hydrogens is 276 g/mol. The lowest BCUT2D eigenvalue weighted by molar-refractivity contribution is -0.118. The number of benzene rings is 1. The molecular formula is C10H13BrN2OS. The van der Waals surface area contributed by atoms with Crippen LogP contribution in [-0.2, 0) is 4.79 Å². The van der Waals surface area contributed by atoms with Crippen molar-refractivity contribution in [1.29, 1.82) is 0 Å². The van der Waals surface area contributed by atoms with Crippen LogP contribution in [0.25, 0.3) is 0 Å². The van der Waals surface area contributed by atoms with E-state index in [2.05, 4.69) is 21.2 Å². The smallest absolute Gasteiger partial charge is 0.230 e. The van der Waals surface area contributed by atoms with Gasteiger partial charge in [0.05, 0.1) is 5.75 Å². The van der Waals surface area contributed by atoms with Crippen LogP contribution in [0.3, 0.4) is 0 Å². The highest BCUT2D eigenvalue weighted by Gasteiger charge is 2.04. The molecule has 1 rings (SSSR count). The summed E-state index contributed by atoms with van der Waals surface area (Å²) in [4.78, 5) is 12.2. The van der Waals surface area contributed by atoms with Gasteiger partial charge in [-0.3, -0.25) is 4.79 Å². The van der Waals surface area contributed by atoms with Crippen molar-refractivity contribution in [2.24, 2.45) is 0 Å². The molecule has 0 aliphatic heterocycles. The van der Waals surface area contributed by atoms with Crippen molar-refractivity contribution >= 4 is 39.3 Å². The summed E-state index contributed by atoms with van der Waals surface area (Å²) in [6, 6.07) is 5.62. The third kappa shape index (κ3) is 4.13. The first-order chi connectivity index (χ1) is 7.13. The molecule has 0 fully saturated rings. The van der Waals surface area contributed by atoms with Gasteiger partial charge in [-0.1, -0.05) is 15.9 Å². The Hall–Kier alpha value is -0.680. The average Bonchev–Trinajstić information content (AvgIpc) is 2.20. The van der Waals surface area contributed by atoms with Crippen molar-refractivity contribution in [3.63, 3.8) is 0 Å². The first kappa shape index (κ1) is 12.4. The van der Waals surface area contributed by atoms with Gasteiger partial charge in [0.2, 0.25) is 5.91 Å². The first-order valence-corrected chi connectivity index (χ1v) is 6.36. The minimum Gasteiger partial charge on any atom is -0.398 e. The minimum absolute atomic E-state index is 0.0295. The van der Waals surface area contributed by atoms with Gasteiger partial charge < -0.3 is 11.1 Å². The van der Waals surface area contributed by atoms with Crippen LogP contribution in [-0.4, -0.2) is 18.2 Å². The molecule has 0 unspecified atom stereocenters. The second-order valence-electron chi connectivity index (χ2n) is 2.92. The zero-order valence-corrected chi connectivity index (χ0v) is 10.8. The lowest BCUT2D eigenvalue weighted by atomic mass is 10.3. The summed E-state index contributed by atoms with van der Waals surface area (Å²) in [5.74, 6) is 0.427. The van der Waals surface area contributed by atoms with E-state index in [9.17, 15) is 4.79 Å². The predicted molar refractivity (Wildman–Crippen MR) is 68.0 cm³/mol. The van der Waals surface area contributed by atoms with Gasteiger partial charge in [-0.25, -0.2) is 0 Å². The number of hydrogen-bond acceptors (Lipinski definition) is 3. The third-order valence-electron chi connectivity index (χ3n) is 1.71. The lowest BCUT2D eigenvalue weighted by Crippen LogP contribution is -2.24. The molecule has 0 saturated heterocycles. The van der Waals surface area contributed by atoms with E-state index in [0.29, 0.717) is 18.0 Å². The highest BCUT2D eigenvalue weighted by Crippen LogP contribution is 2.27. The molecule has 3 nitrogen and oxygen atoms in total. The number of thioether (sulfide) groups is 1. The van der Waals surface area contributed by atoms with E-state index in [1.54, 1.807) is 0 Å². The fourth-order valence-corrected chi connectivity index (χ4v) is 2.37. The largest absolute Gasteiger partial charge is 0.398 e. The summed E-state index contributed by atoms with van der Waals surface area (Å²) in [7, 11) is 0. The summed E-state index contributed by atoms with van der Waals surface area (Å²) >= 11 is 4.81. The Morgan fingerprint density at radius 2 is 2.33 bits per heavy atom. The van der Waals surface area contributed by atoms with Crippen LogP contribution in [0.5, 0.6) is 0 Å². The topological polar surface area (TPSA) is 55.1 Å². The molecule has 0 aromatic heterocycles. The fourth-order valence-electron chi connectivity index (χ4n) is 1.02. The molecule has 0 bridgehead atoms. The fraction of sp³-hybridized carbons (Fsp3) is 0.300. The van der Waals surface area contributed by atoms with E-state index in [1.807, 2.05) is 25.1 Å². The summed E-state index contributed by atoms with van der Waals surface area (Å²) in [6.07, 6.45) is 0. The van der Waals surface area contributed by atoms with Crippen LogP contribution in [0.2, 0.25) is 0 Å². The second kappa shape index (κ2) is 6.02. The van der Waals surface area contributed by atoms with E-state index < -0.39 is 0 Å². The molecule has 82 valence electrons. The standard InChI is InChI=1S/C10H13BrN2OS/c1-2-13-10(14)6-15-9-5-7(11)3-4-8(9)12/h3-5H,2,6,12H2,1H3,(H,13,14). The summed E-state index contributed by atoms with van der Waals surface area (Å²) in [5.41, 5.74) is 6.48. The molecule has 0 atom stereocenters. The Morgan fingerprint density at radius 3 is 3.00 bits per heavy atom. The van der Waals surface area contributed by atoms with Crippen LogP contribution >= 0.6 is 27.7 Å². The van der Waals surface area contributed by atoms with Gasteiger partial charge >= 0.3 is 0 Å². The average molecular weight is 289 g/mol. The van der Waals surface area contributed by atoms with Crippen LogP contribution in [0.1, 0.15) is 6.92 Å². The second-order valence-corrected chi connectivity index (χ2v) is 4.86. The number of nitrogen functional groups attached to an aromatic ring is 1. The number of nitrogens with two attached hydrogens (primary N) is 1. The first-order valence-electron chi connectivity index (χ1n) is 4.58. The Morgan fingerprint density at radius 1 is 1.60 bits per heavy atom. The zero-order chi connectivity index (χ0) is 11.3. The number of rotatable bonds is 4. The SMILES string of the molecule is CCNC(=O)CSc1cc(Br)ccc1N. The zero-order valence-electron chi connectivity index (χ0n) is 8.42. The van der Waals surface area contributed by atoms with Crippen molar-refractivity contribution in [2.45, 2.75) is 11.8 Å². The Bertz CT molecular complexity index is 357. The summed E-state index contributed by atoms with van der Waals surface area (Å²) in [5, 5.41) is 2.74.